The summed E-state index contributed by atoms with van der Waals surface area (Å²) in [7, 11) is 0. The molecule has 0 atom stereocenters. The first-order valence-corrected chi connectivity index (χ1v) is 11.9. The molecule has 0 unspecified atom stereocenters. The molecule has 0 radical (unpaired) electrons. The number of carbonyl (C=O) groups is 1. The number of aryl methyl sites for hydroxylation is 1. The van der Waals surface area contributed by atoms with Gasteiger partial charge >= 0.3 is 0 Å². The lowest BCUT2D eigenvalue weighted by molar-refractivity contribution is -0.112. The molecule has 6 heteroatoms. The van der Waals surface area contributed by atoms with Crippen LogP contribution >= 0.6 is 11.6 Å². The van der Waals surface area contributed by atoms with E-state index in [1.165, 1.54) is 6.08 Å². The van der Waals surface area contributed by atoms with Crippen LogP contribution in [-0.4, -0.2) is 12.5 Å². The van der Waals surface area contributed by atoms with Crippen LogP contribution < -0.4 is 14.8 Å². The molecule has 180 valence electrons. The number of ether oxygens (including phenoxy) is 2. The summed E-state index contributed by atoms with van der Waals surface area (Å²) in [6.07, 6.45) is 1.49. The van der Waals surface area contributed by atoms with E-state index in [-0.39, 0.29) is 5.57 Å². The molecular weight excluding hydrogens is 472 g/mol. The minimum absolute atomic E-state index is 0.0602. The monoisotopic (exact) mass is 496 g/mol. The number of anilines is 1. The lowest BCUT2D eigenvalue weighted by atomic mass is 10.1. The van der Waals surface area contributed by atoms with Crippen LogP contribution in [0.15, 0.2) is 84.4 Å². The Morgan fingerprint density at radius 2 is 1.78 bits per heavy atom. The van der Waals surface area contributed by atoms with Crippen LogP contribution in [0.1, 0.15) is 23.6 Å². The van der Waals surface area contributed by atoms with Crippen LogP contribution in [0.25, 0.3) is 16.8 Å². The van der Waals surface area contributed by atoms with Gasteiger partial charge in [-0.2, -0.15) is 5.26 Å². The molecule has 0 aliphatic rings. The maximum atomic E-state index is 13.0. The Labute approximate surface area is 215 Å². The van der Waals surface area contributed by atoms with E-state index in [4.69, 9.17) is 21.1 Å². The van der Waals surface area contributed by atoms with Crippen molar-refractivity contribution in [2.45, 2.75) is 20.5 Å². The fourth-order valence-electron chi connectivity index (χ4n) is 3.84. The lowest BCUT2D eigenvalue weighted by Gasteiger charge is -2.15. The normalized spacial score (nSPS) is 11.1. The molecule has 0 spiro atoms. The van der Waals surface area contributed by atoms with Crippen molar-refractivity contribution in [3.05, 3.63) is 106 Å². The third-order valence-corrected chi connectivity index (χ3v) is 5.96. The molecule has 4 aromatic rings. The number of fused-ring (bicyclic) bond motifs is 1. The molecule has 0 fully saturated rings. The summed E-state index contributed by atoms with van der Waals surface area (Å²) in [4.78, 5) is 13.0. The van der Waals surface area contributed by atoms with Crippen molar-refractivity contribution in [2.24, 2.45) is 0 Å². The number of amides is 1. The molecule has 36 heavy (non-hydrogen) atoms. The van der Waals surface area contributed by atoms with Gasteiger partial charge in [-0.05, 0) is 60.2 Å². The first-order chi connectivity index (χ1) is 17.5. The number of nitrogens with zero attached hydrogens (tertiary/aromatic N) is 1. The first-order valence-electron chi connectivity index (χ1n) is 11.5. The zero-order chi connectivity index (χ0) is 25.5. The smallest absolute Gasteiger partial charge is 0.266 e. The van der Waals surface area contributed by atoms with Crippen LogP contribution in [0.3, 0.4) is 0 Å². The Hall–Kier alpha value is -4.27. The number of nitriles is 1. The van der Waals surface area contributed by atoms with Gasteiger partial charge < -0.3 is 14.8 Å². The summed E-state index contributed by atoms with van der Waals surface area (Å²) in [6.45, 7) is 4.61. The molecule has 0 heterocycles. The standard InChI is InChI=1S/C30H25ClN2O3/c1-3-35-28-17-21(16-26(31)29(28)36-19-23-11-5-4-9-20(23)2)15-24(18-32)30(34)33-27-14-8-12-22-10-6-7-13-25(22)27/h4-17H,3,19H2,1-2H3,(H,33,34)/b24-15+. The molecule has 0 bridgehead atoms. The van der Waals surface area contributed by atoms with Gasteiger partial charge in [-0.1, -0.05) is 72.3 Å². The second-order valence-corrected chi connectivity index (χ2v) is 8.54. The Bertz CT molecular complexity index is 1480. The van der Waals surface area contributed by atoms with E-state index < -0.39 is 5.91 Å². The van der Waals surface area contributed by atoms with Crippen LogP contribution in [0.4, 0.5) is 5.69 Å². The second-order valence-electron chi connectivity index (χ2n) is 8.13. The summed E-state index contributed by atoms with van der Waals surface area (Å²) in [5.74, 6) is 0.344. The van der Waals surface area contributed by atoms with Gasteiger partial charge in [0.15, 0.2) is 11.5 Å². The maximum absolute atomic E-state index is 13.0. The van der Waals surface area contributed by atoms with Crippen molar-refractivity contribution in [1.82, 2.24) is 0 Å². The topological polar surface area (TPSA) is 71.3 Å². The van der Waals surface area contributed by atoms with Gasteiger partial charge in [-0.25, -0.2) is 0 Å². The minimum atomic E-state index is -0.511. The van der Waals surface area contributed by atoms with Crippen molar-refractivity contribution in [2.75, 3.05) is 11.9 Å². The fraction of sp³-hybridized carbons (Fsp3) is 0.133. The molecule has 4 rings (SSSR count). The SMILES string of the molecule is CCOc1cc(/C=C(\C#N)C(=O)Nc2cccc3ccccc23)cc(Cl)c1OCc1ccccc1C. The van der Waals surface area contributed by atoms with E-state index in [0.29, 0.717) is 41.0 Å². The Morgan fingerprint density at radius 1 is 1.03 bits per heavy atom. The van der Waals surface area contributed by atoms with Gasteiger partial charge in [-0.3, -0.25) is 4.79 Å². The molecule has 1 N–H and O–H groups in total. The summed E-state index contributed by atoms with van der Waals surface area (Å²) in [6, 6.07) is 26.6. The molecule has 5 nitrogen and oxygen atoms in total. The van der Waals surface area contributed by atoms with Crippen LogP contribution in [0.2, 0.25) is 5.02 Å². The summed E-state index contributed by atoms with van der Waals surface area (Å²) in [5, 5.41) is 14.8. The highest BCUT2D eigenvalue weighted by Gasteiger charge is 2.16. The summed E-state index contributed by atoms with van der Waals surface area (Å²) < 4.78 is 11.8. The van der Waals surface area contributed by atoms with E-state index in [0.717, 1.165) is 21.9 Å². The lowest BCUT2D eigenvalue weighted by Crippen LogP contribution is -2.13. The molecule has 0 saturated carbocycles. The molecular formula is C30H25ClN2O3. The zero-order valence-electron chi connectivity index (χ0n) is 20.0. The van der Waals surface area contributed by atoms with Crippen molar-refractivity contribution >= 4 is 40.0 Å². The quantitative estimate of drug-likeness (QED) is 0.205. The van der Waals surface area contributed by atoms with E-state index >= 15 is 0 Å². The van der Waals surface area contributed by atoms with Gasteiger partial charge in [0, 0.05) is 11.1 Å². The number of nitrogens with one attached hydrogen (secondary N) is 1. The first kappa shape index (κ1) is 24.8. The van der Waals surface area contributed by atoms with E-state index in [1.54, 1.807) is 18.2 Å². The number of hydrogen-bond donors (Lipinski definition) is 1. The third-order valence-electron chi connectivity index (χ3n) is 5.68. The molecule has 4 aromatic carbocycles. The molecule has 0 aliphatic heterocycles. The summed E-state index contributed by atoms with van der Waals surface area (Å²) >= 11 is 6.56. The van der Waals surface area contributed by atoms with Crippen LogP contribution in [0, 0.1) is 18.3 Å². The van der Waals surface area contributed by atoms with Crippen molar-refractivity contribution < 1.29 is 14.3 Å². The minimum Gasteiger partial charge on any atom is -0.490 e. The highest BCUT2D eigenvalue weighted by molar-refractivity contribution is 6.32. The van der Waals surface area contributed by atoms with Crippen molar-refractivity contribution in [1.29, 1.82) is 5.26 Å². The molecule has 0 aliphatic carbocycles. The average molecular weight is 497 g/mol. The van der Waals surface area contributed by atoms with E-state index in [9.17, 15) is 10.1 Å². The maximum Gasteiger partial charge on any atom is 0.266 e. The Kier molecular flexibility index (Phi) is 7.89. The second kappa shape index (κ2) is 11.4. The number of carbonyl (C=O) groups excluding carboxylic acids is 1. The van der Waals surface area contributed by atoms with Crippen molar-refractivity contribution in [3.63, 3.8) is 0 Å². The van der Waals surface area contributed by atoms with Gasteiger partial charge in [0.1, 0.15) is 18.2 Å². The van der Waals surface area contributed by atoms with Gasteiger partial charge in [0.2, 0.25) is 0 Å². The van der Waals surface area contributed by atoms with Crippen LogP contribution in [0.5, 0.6) is 11.5 Å². The van der Waals surface area contributed by atoms with E-state index in [2.05, 4.69) is 5.32 Å². The van der Waals surface area contributed by atoms with Gasteiger partial charge in [0.05, 0.1) is 11.6 Å². The third kappa shape index (κ3) is 5.68. The number of rotatable bonds is 8. The van der Waals surface area contributed by atoms with Crippen molar-refractivity contribution in [3.8, 4) is 17.6 Å². The average Bonchev–Trinajstić information content (AvgIpc) is 2.88. The Balaban J connectivity index is 1.60. The number of benzene rings is 4. The summed E-state index contributed by atoms with van der Waals surface area (Å²) in [5.41, 5.74) is 3.28. The van der Waals surface area contributed by atoms with Gasteiger partial charge in [-0.15, -0.1) is 0 Å². The highest BCUT2D eigenvalue weighted by atomic mass is 35.5. The molecule has 0 aromatic heterocycles. The number of hydrogen-bond acceptors (Lipinski definition) is 4. The molecule has 1 amide bonds. The fourth-order valence-corrected chi connectivity index (χ4v) is 4.11. The number of halogens is 1. The predicted molar refractivity (Wildman–Crippen MR) is 144 cm³/mol. The van der Waals surface area contributed by atoms with Crippen LogP contribution in [-0.2, 0) is 11.4 Å². The van der Waals surface area contributed by atoms with Gasteiger partial charge in [0.25, 0.3) is 5.91 Å². The predicted octanol–water partition coefficient (Wildman–Crippen LogP) is 7.33. The zero-order valence-corrected chi connectivity index (χ0v) is 20.8. The van der Waals surface area contributed by atoms with E-state index in [1.807, 2.05) is 80.6 Å². The molecule has 0 saturated heterocycles. The Morgan fingerprint density at radius 3 is 2.56 bits per heavy atom. The highest BCUT2D eigenvalue weighted by Crippen LogP contribution is 2.38. The largest absolute Gasteiger partial charge is 0.490 e.